The van der Waals surface area contributed by atoms with E-state index in [-0.39, 0.29) is 24.9 Å². The Morgan fingerprint density at radius 3 is 3.06 bits per heavy atom. The summed E-state index contributed by atoms with van der Waals surface area (Å²) in [5, 5.41) is 9.36. The van der Waals surface area contributed by atoms with Crippen LogP contribution in [-0.4, -0.2) is 32.4 Å². The molecule has 2 atom stereocenters. The first-order valence-corrected chi connectivity index (χ1v) is 5.75. The van der Waals surface area contributed by atoms with Gasteiger partial charge in [0.15, 0.2) is 5.65 Å². The van der Waals surface area contributed by atoms with E-state index in [2.05, 4.69) is 9.97 Å². The Bertz CT molecular complexity index is 586. The van der Waals surface area contributed by atoms with E-state index in [9.17, 15) is 4.39 Å². The quantitative estimate of drug-likeness (QED) is 0.773. The second-order valence-electron chi connectivity index (χ2n) is 4.31. The van der Waals surface area contributed by atoms with Gasteiger partial charge in [0.25, 0.3) is 0 Å². The third kappa shape index (κ3) is 1.72. The molecule has 2 aromatic heterocycles. The number of ether oxygens (including phenoxy) is 1. The van der Waals surface area contributed by atoms with Crippen molar-refractivity contribution in [1.29, 1.82) is 0 Å². The summed E-state index contributed by atoms with van der Waals surface area (Å²) in [6, 6.07) is 1.60. The van der Waals surface area contributed by atoms with Gasteiger partial charge in [-0.25, -0.2) is 0 Å². The van der Waals surface area contributed by atoms with Gasteiger partial charge in [-0.15, -0.1) is 0 Å². The molecule has 0 unspecified atom stereocenters. The number of aromatic nitrogens is 3. The molecule has 7 heteroatoms. The number of nitrogen functional groups attached to an aromatic ring is 1. The van der Waals surface area contributed by atoms with Crippen LogP contribution in [0, 0.1) is 5.95 Å². The monoisotopic (exact) mass is 252 g/mol. The number of halogens is 1. The molecule has 6 nitrogen and oxygen atoms in total. The van der Waals surface area contributed by atoms with Crippen LogP contribution >= 0.6 is 0 Å². The van der Waals surface area contributed by atoms with E-state index in [1.165, 1.54) is 0 Å². The van der Waals surface area contributed by atoms with Gasteiger partial charge in [0.1, 0.15) is 6.23 Å². The number of aliphatic hydroxyl groups is 1. The largest absolute Gasteiger partial charge is 0.394 e. The van der Waals surface area contributed by atoms with Crippen molar-refractivity contribution in [2.75, 3.05) is 12.3 Å². The van der Waals surface area contributed by atoms with Gasteiger partial charge in [-0.1, -0.05) is 0 Å². The molecule has 3 rings (SSSR count). The summed E-state index contributed by atoms with van der Waals surface area (Å²) < 4.78 is 20.9. The minimum Gasteiger partial charge on any atom is -0.394 e. The van der Waals surface area contributed by atoms with Gasteiger partial charge in [0.2, 0.25) is 11.9 Å². The van der Waals surface area contributed by atoms with Gasteiger partial charge in [-0.3, -0.25) is 0 Å². The zero-order valence-electron chi connectivity index (χ0n) is 9.58. The number of aliphatic hydroxyl groups excluding tert-OH is 1. The topological polar surface area (TPSA) is 86.2 Å². The first-order valence-electron chi connectivity index (χ1n) is 5.75. The number of fused-ring (bicyclic) bond motifs is 1. The minimum absolute atomic E-state index is 0.0127. The maximum atomic E-state index is 13.6. The third-order valence-electron chi connectivity index (χ3n) is 3.14. The predicted octanol–water partition coefficient (Wildman–Crippen LogP) is 0.822. The molecule has 3 N–H and O–H groups in total. The van der Waals surface area contributed by atoms with Crippen LogP contribution in [0.1, 0.15) is 19.1 Å². The number of anilines is 1. The lowest BCUT2D eigenvalue weighted by Crippen LogP contribution is -2.14. The van der Waals surface area contributed by atoms with E-state index in [1.54, 1.807) is 16.8 Å². The Morgan fingerprint density at radius 2 is 2.33 bits per heavy atom. The van der Waals surface area contributed by atoms with Crippen LogP contribution < -0.4 is 5.73 Å². The first-order chi connectivity index (χ1) is 8.69. The zero-order chi connectivity index (χ0) is 12.7. The number of hydrogen-bond donors (Lipinski definition) is 2. The van der Waals surface area contributed by atoms with Gasteiger partial charge in [0, 0.05) is 6.20 Å². The van der Waals surface area contributed by atoms with Crippen molar-refractivity contribution in [3.8, 4) is 0 Å². The molecule has 1 saturated heterocycles. The normalized spacial score (nSPS) is 23.9. The molecular weight excluding hydrogens is 239 g/mol. The number of nitrogens with two attached hydrogens (primary N) is 1. The predicted molar refractivity (Wildman–Crippen MR) is 62.1 cm³/mol. The van der Waals surface area contributed by atoms with Crippen LogP contribution in [-0.2, 0) is 4.74 Å². The fourth-order valence-corrected chi connectivity index (χ4v) is 2.27. The number of nitrogens with zero attached hydrogens (tertiary/aromatic N) is 3. The van der Waals surface area contributed by atoms with E-state index >= 15 is 0 Å². The first kappa shape index (κ1) is 11.4. The highest BCUT2D eigenvalue weighted by atomic mass is 19.1. The summed E-state index contributed by atoms with van der Waals surface area (Å²) >= 11 is 0. The molecule has 1 aliphatic heterocycles. The highest BCUT2D eigenvalue weighted by Crippen LogP contribution is 2.31. The van der Waals surface area contributed by atoms with E-state index in [1.807, 2.05) is 0 Å². The zero-order valence-corrected chi connectivity index (χ0v) is 9.58. The summed E-state index contributed by atoms with van der Waals surface area (Å²) in [4.78, 5) is 7.52. The van der Waals surface area contributed by atoms with E-state index < -0.39 is 5.95 Å². The van der Waals surface area contributed by atoms with Crippen LogP contribution in [0.5, 0.6) is 0 Å². The molecule has 1 aliphatic rings. The number of rotatable bonds is 2. The summed E-state index contributed by atoms with van der Waals surface area (Å²) in [7, 11) is 0. The Balaban J connectivity index is 2.03. The Labute approximate surface area is 102 Å². The minimum atomic E-state index is -0.632. The lowest BCUT2D eigenvalue weighted by Gasteiger charge is -2.14. The van der Waals surface area contributed by atoms with Crippen molar-refractivity contribution in [3.63, 3.8) is 0 Å². The van der Waals surface area contributed by atoms with E-state index in [0.717, 1.165) is 12.8 Å². The fraction of sp³-hybridized carbons (Fsp3) is 0.455. The smallest absolute Gasteiger partial charge is 0.227 e. The molecular formula is C11H13FN4O2. The molecule has 0 spiro atoms. The summed E-state index contributed by atoms with van der Waals surface area (Å²) in [5.41, 5.74) is 5.87. The van der Waals surface area contributed by atoms with Crippen molar-refractivity contribution < 1.29 is 14.2 Å². The van der Waals surface area contributed by atoms with Gasteiger partial charge in [0.05, 0.1) is 18.1 Å². The van der Waals surface area contributed by atoms with Gasteiger partial charge in [-0.2, -0.15) is 14.4 Å². The van der Waals surface area contributed by atoms with E-state index in [0.29, 0.717) is 11.0 Å². The maximum absolute atomic E-state index is 13.6. The molecule has 0 bridgehead atoms. The Kier molecular flexibility index (Phi) is 2.64. The van der Waals surface area contributed by atoms with Crippen molar-refractivity contribution >= 4 is 17.0 Å². The molecule has 3 heterocycles. The molecule has 96 valence electrons. The van der Waals surface area contributed by atoms with Gasteiger partial charge >= 0.3 is 0 Å². The van der Waals surface area contributed by atoms with Crippen molar-refractivity contribution in [2.45, 2.75) is 25.2 Å². The highest BCUT2D eigenvalue weighted by Gasteiger charge is 2.27. The summed E-state index contributed by atoms with van der Waals surface area (Å²) in [6.07, 6.45) is 2.81. The number of hydrogen-bond acceptors (Lipinski definition) is 5. The second-order valence-corrected chi connectivity index (χ2v) is 4.31. The molecule has 0 saturated carbocycles. The standard InChI is InChI=1S/C11H13FN4O2/c12-9-7-3-4-16(10(7)15-11(13)14-9)8-2-1-6(5-17)18-8/h3-4,6,8,17H,1-2,5H2,(H2,13,14,15)/t6-,8-/m0/s1. The summed E-state index contributed by atoms with van der Waals surface area (Å²) in [5.74, 6) is -0.732. The van der Waals surface area contributed by atoms with Gasteiger partial charge in [-0.05, 0) is 18.9 Å². The lowest BCUT2D eigenvalue weighted by atomic mass is 10.2. The van der Waals surface area contributed by atoms with Crippen molar-refractivity contribution in [1.82, 2.24) is 14.5 Å². The summed E-state index contributed by atoms with van der Waals surface area (Å²) in [6.45, 7) is -0.0127. The molecule has 2 aromatic rings. The molecule has 0 aromatic carbocycles. The molecule has 0 aliphatic carbocycles. The fourth-order valence-electron chi connectivity index (χ4n) is 2.27. The van der Waals surface area contributed by atoms with Crippen LogP contribution in [0.15, 0.2) is 12.3 Å². The van der Waals surface area contributed by atoms with Crippen LogP contribution in [0.2, 0.25) is 0 Å². The average molecular weight is 252 g/mol. The Hall–Kier alpha value is -1.73. The van der Waals surface area contributed by atoms with Crippen molar-refractivity contribution in [2.24, 2.45) is 0 Å². The average Bonchev–Trinajstić information content (AvgIpc) is 2.93. The molecule has 0 radical (unpaired) electrons. The van der Waals surface area contributed by atoms with Crippen LogP contribution in [0.4, 0.5) is 10.3 Å². The third-order valence-corrected chi connectivity index (χ3v) is 3.14. The van der Waals surface area contributed by atoms with Crippen molar-refractivity contribution in [3.05, 3.63) is 18.2 Å². The molecule has 1 fully saturated rings. The molecule has 18 heavy (non-hydrogen) atoms. The Morgan fingerprint density at radius 1 is 1.50 bits per heavy atom. The highest BCUT2D eigenvalue weighted by molar-refractivity contribution is 5.76. The maximum Gasteiger partial charge on any atom is 0.227 e. The van der Waals surface area contributed by atoms with E-state index in [4.69, 9.17) is 15.6 Å². The SMILES string of the molecule is Nc1nc(F)c2ccn([C@@H]3CC[C@@H](CO)O3)c2n1. The van der Waals surface area contributed by atoms with Gasteiger partial charge < -0.3 is 20.1 Å². The van der Waals surface area contributed by atoms with Crippen LogP contribution in [0.3, 0.4) is 0 Å². The van der Waals surface area contributed by atoms with Crippen LogP contribution in [0.25, 0.3) is 11.0 Å². The lowest BCUT2D eigenvalue weighted by molar-refractivity contribution is -0.0204. The second kappa shape index (κ2) is 4.18. The molecule has 0 amide bonds.